The van der Waals surface area contributed by atoms with Crippen LogP contribution in [0.4, 0.5) is 5.69 Å². The number of nitrogens with two attached hydrogens (primary N) is 1. The molecule has 4 nitrogen and oxygen atoms in total. The Balaban J connectivity index is 2.24. The Morgan fingerprint density at radius 2 is 1.67 bits per heavy atom. The molecule has 3 unspecified atom stereocenters. The van der Waals surface area contributed by atoms with E-state index < -0.39 is 10.0 Å². The highest BCUT2D eigenvalue weighted by Crippen LogP contribution is 2.31. The maximum absolute atomic E-state index is 12.7. The maximum atomic E-state index is 12.7. The van der Waals surface area contributed by atoms with Crippen molar-refractivity contribution in [2.45, 2.75) is 57.9 Å². The molecule has 1 aliphatic carbocycles. The molecule has 1 saturated carbocycles. The largest absolute Gasteiger partial charge is 0.399 e. The predicted octanol–water partition coefficient (Wildman–Crippen LogP) is 2.99. The first-order valence-corrected chi connectivity index (χ1v) is 9.08. The molecule has 118 valence electrons. The molecule has 1 aromatic rings. The van der Waals surface area contributed by atoms with Gasteiger partial charge in [-0.05, 0) is 68.2 Å². The fourth-order valence-electron chi connectivity index (χ4n) is 3.34. The number of rotatable bonds is 3. The molecule has 5 heteroatoms. The van der Waals surface area contributed by atoms with Gasteiger partial charge in [0, 0.05) is 11.7 Å². The molecular weight excluding hydrogens is 284 g/mol. The van der Waals surface area contributed by atoms with E-state index in [9.17, 15) is 8.42 Å². The van der Waals surface area contributed by atoms with Crippen molar-refractivity contribution in [3.05, 3.63) is 23.3 Å². The highest BCUT2D eigenvalue weighted by atomic mass is 32.2. The van der Waals surface area contributed by atoms with Crippen molar-refractivity contribution in [3.63, 3.8) is 0 Å². The smallest absolute Gasteiger partial charge is 0.241 e. The normalized spacial score (nSPS) is 26.8. The van der Waals surface area contributed by atoms with E-state index in [-0.39, 0.29) is 6.04 Å². The zero-order valence-corrected chi connectivity index (χ0v) is 14.1. The van der Waals surface area contributed by atoms with Crippen LogP contribution < -0.4 is 10.5 Å². The Morgan fingerprint density at radius 1 is 1.10 bits per heavy atom. The van der Waals surface area contributed by atoms with Gasteiger partial charge in [-0.2, -0.15) is 0 Å². The second-order valence-corrected chi connectivity index (χ2v) is 8.22. The third kappa shape index (κ3) is 3.58. The van der Waals surface area contributed by atoms with Crippen LogP contribution in [0, 0.1) is 25.7 Å². The first kappa shape index (κ1) is 16.3. The fraction of sp³-hybridized carbons (Fsp3) is 0.625. The number of sulfonamides is 1. The van der Waals surface area contributed by atoms with Gasteiger partial charge < -0.3 is 5.73 Å². The second-order valence-electron chi connectivity index (χ2n) is 6.57. The van der Waals surface area contributed by atoms with Crippen LogP contribution in [-0.2, 0) is 10.0 Å². The summed E-state index contributed by atoms with van der Waals surface area (Å²) in [6, 6.07) is 3.47. The summed E-state index contributed by atoms with van der Waals surface area (Å²) in [6.07, 6.45) is 2.90. The zero-order chi connectivity index (χ0) is 15.8. The molecular formula is C16H26N2O2S. The minimum atomic E-state index is -3.48. The van der Waals surface area contributed by atoms with E-state index >= 15 is 0 Å². The van der Waals surface area contributed by atoms with Crippen LogP contribution in [0.3, 0.4) is 0 Å². The lowest BCUT2D eigenvalue weighted by atomic mass is 9.79. The van der Waals surface area contributed by atoms with Crippen molar-refractivity contribution in [1.82, 2.24) is 4.72 Å². The molecule has 2 rings (SSSR count). The average molecular weight is 310 g/mol. The van der Waals surface area contributed by atoms with Crippen molar-refractivity contribution < 1.29 is 8.42 Å². The monoisotopic (exact) mass is 310 g/mol. The van der Waals surface area contributed by atoms with Crippen LogP contribution in [0.2, 0.25) is 0 Å². The summed E-state index contributed by atoms with van der Waals surface area (Å²) in [4.78, 5) is 0.378. The molecule has 1 fully saturated rings. The summed E-state index contributed by atoms with van der Waals surface area (Å²) >= 11 is 0. The SMILES string of the molecule is Cc1cc(N)cc(C)c1S(=O)(=O)NC1CCC(C)C(C)C1. The first-order valence-electron chi connectivity index (χ1n) is 7.59. The first-order chi connectivity index (χ1) is 9.70. The molecule has 1 aliphatic rings. The topological polar surface area (TPSA) is 72.2 Å². The molecule has 3 atom stereocenters. The van der Waals surface area contributed by atoms with Gasteiger partial charge in [-0.3, -0.25) is 0 Å². The van der Waals surface area contributed by atoms with E-state index in [1.165, 1.54) is 0 Å². The third-order valence-electron chi connectivity index (χ3n) is 4.67. The Kier molecular flexibility index (Phi) is 4.63. The number of nitrogen functional groups attached to an aromatic ring is 1. The second kappa shape index (κ2) is 5.97. The summed E-state index contributed by atoms with van der Waals surface area (Å²) < 4.78 is 28.3. The van der Waals surface area contributed by atoms with Crippen molar-refractivity contribution in [2.75, 3.05) is 5.73 Å². The van der Waals surface area contributed by atoms with Crippen molar-refractivity contribution in [1.29, 1.82) is 0 Å². The van der Waals surface area contributed by atoms with Gasteiger partial charge in [0.25, 0.3) is 0 Å². The summed E-state index contributed by atoms with van der Waals surface area (Å²) in [6.45, 7) is 8.03. The Morgan fingerprint density at radius 3 is 2.19 bits per heavy atom. The molecule has 0 amide bonds. The summed E-state index contributed by atoms with van der Waals surface area (Å²) in [5.41, 5.74) is 7.79. The van der Waals surface area contributed by atoms with E-state index in [4.69, 9.17) is 5.73 Å². The highest BCUT2D eigenvalue weighted by molar-refractivity contribution is 7.89. The van der Waals surface area contributed by atoms with Crippen LogP contribution >= 0.6 is 0 Å². The van der Waals surface area contributed by atoms with Gasteiger partial charge in [-0.15, -0.1) is 0 Å². The van der Waals surface area contributed by atoms with Gasteiger partial charge in [-0.25, -0.2) is 13.1 Å². The van der Waals surface area contributed by atoms with Crippen LogP contribution in [0.15, 0.2) is 17.0 Å². The number of benzene rings is 1. The Labute approximate surface area is 128 Å². The van der Waals surface area contributed by atoms with E-state index in [2.05, 4.69) is 18.6 Å². The van der Waals surface area contributed by atoms with Gasteiger partial charge in [0.2, 0.25) is 10.0 Å². The van der Waals surface area contributed by atoms with Crippen LogP contribution in [0.25, 0.3) is 0 Å². The molecule has 1 aromatic carbocycles. The minimum absolute atomic E-state index is 0.0394. The summed E-state index contributed by atoms with van der Waals surface area (Å²) in [5, 5.41) is 0. The van der Waals surface area contributed by atoms with Crippen molar-refractivity contribution in [3.8, 4) is 0 Å². The van der Waals surface area contributed by atoms with Crippen LogP contribution in [0.5, 0.6) is 0 Å². The molecule has 0 aliphatic heterocycles. The molecule has 3 N–H and O–H groups in total. The fourth-order valence-corrected chi connectivity index (χ4v) is 5.08. The van der Waals surface area contributed by atoms with E-state index in [0.717, 1.165) is 19.3 Å². The molecule has 21 heavy (non-hydrogen) atoms. The Bertz CT molecular complexity index is 602. The van der Waals surface area contributed by atoms with Crippen molar-refractivity contribution in [2.24, 2.45) is 11.8 Å². The van der Waals surface area contributed by atoms with E-state index in [1.807, 2.05) is 0 Å². The molecule has 0 saturated heterocycles. The lowest BCUT2D eigenvalue weighted by Gasteiger charge is -2.32. The maximum Gasteiger partial charge on any atom is 0.241 e. The number of aryl methyl sites for hydroxylation is 2. The van der Waals surface area contributed by atoms with Gasteiger partial charge >= 0.3 is 0 Å². The van der Waals surface area contributed by atoms with Crippen LogP contribution in [-0.4, -0.2) is 14.5 Å². The molecule has 0 radical (unpaired) electrons. The van der Waals surface area contributed by atoms with Gasteiger partial charge in [0.1, 0.15) is 0 Å². The predicted molar refractivity (Wildman–Crippen MR) is 86.6 cm³/mol. The molecule has 0 aromatic heterocycles. The minimum Gasteiger partial charge on any atom is -0.399 e. The highest BCUT2D eigenvalue weighted by Gasteiger charge is 2.29. The summed E-state index contributed by atoms with van der Waals surface area (Å²) in [7, 11) is -3.48. The number of hydrogen-bond acceptors (Lipinski definition) is 3. The lowest BCUT2D eigenvalue weighted by molar-refractivity contribution is 0.242. The van der Waals surface area contributed by atoms with Gasteiger partial charge in [0.05, 0.1) is 4.90 Å². The van der Waals surface area contributed by atoms with Gasteiger partial charge in [0.15, 0.2) is 0 Å². The number of hydrogen-bond donors (Lipinski definition) is 2. The van der Waals surface area contributed by atoms with Gasteiger partial charge in [-0.1, -0.05) is 13.8 Å². The number of nitrogens with one attached hydrogen (secondary N) is 1. The van der Waals surface area contributed by atoms with Crippen LogP contribution in [0.1, 0.15) is 44.2 Å². The van der Waals surface area contributed by atoms with E-state index in [1.54, 1.807) is 26.0 Å². The average Bonchev–Trinajstić information content (AvgIpc) is 2.31. The summed E-state index contributed by atoms with van der Waals surface area (Å²) in [5.74, 6) is 1.23. The molecule has 0 bridgehead atoms. The third-order valence-corrected chi connectivity index (χ3v) is 6.50. The quantitative estimate of drug-likeness (QED) is 0.843. The Hall–Kier alpha value is -1.07. The number of anilines is 1. The lowest BCUT2D eigenvalue weighted by Crippen LogP contribution is -2.40. The molecule has 0 heterocycles. The standard InChI is InChI=1S/C16H26N2O2S/c1-10-5-6-15(9-11(10)2)18-21(19,20)16-12(3)7-14(17)8-13(16)4/h7-8,10-11,15,18H,5-6,9,17H2,1-4H3. The zero-order valence-electron chi connectivity index (χ0n) is 13.3. The molecule has 0 spiro atoms. The van der Waals surface area contributed by atoms with E-state index in [0.29, 0.717) is 33.5 Å². The van der Waals surface area contributed by atoms with Crippen molar-refractivity contribution >= 4 is 15.7 Å².